The summed E-state index contributed by atoms with van der Waals surface area (Å²) < 4.78 is 22.4. The van der Waals surface area contributed by atoms with Crippen LogP contribution in [-0.2, 0) is 26.2 Å². The molecular formula is C12H17N3O5S. The van der Waals surface area contributed by atoms with Crippen LogP contribution < -0.4 is 16.2 Å². The number of carboxylic acid groups (broad SMARTS) is 1. The van der Waals surface area contributed by atoms with Gasteiger partial charge in [0.05, 0.1) is 10.9 Å². The lowest BCUT2D eigenvalue weighted by atomic mass is 10.1. The lowest BCUT2D eigenvalue weighted by molar-refractivity contribution is -0.137. The molecule has 0 saturated carbocycles. The van der Waals surface area contributed by atoms with Gasteiger partial charge in [-0.1, -0.05) is 12.1 Å². The van der Waals surface area contributed by atoms with E-state index in [1.54, 1.807) is 6.07 Å². The summed E-state index contributed by atoms with van der Waals surface area (Å²) in [4.78, 5) is 22.0. The van der Waals surface area contributed by atoms with Gasteiger partial charge in [-0.3, -0.25) is 9.59 Å². The normalized spacial score (nSPS) is 12.7. The number of hydrogen-bond donors (Lipinski definition) is 4. The highest BCUT2D eigenvalue weighted by molar-refractivity contribution is 7.89. The maximum Gasteiger partial charge on any atom is 0.303 e. The Labute approximate surface area is 122 Å². The number of nitrogens with two attached hydrogens (primary N) is 2. The Morgan fingerprint density at radius 1 is 1.33 bits per heavy atom. The predicted octanol–water partition coefficient (Wildman–Crippen LogP) is -0.858. The smallest absolute Gasteiger partial charge is 0.303 e. The fraction of sp³-hybridized carbons (Fsp3) is 0.333. The van der Waals surface area contributed by atoms with Gasteiger partial charge in [-0.15, -0.1) is 0 Å². The number of carbonyl (C=O) groups excluding carboxylic acids is 1. The molecule has 6 N–H and O–H groups in total. The van der Waals surface area contributed by atoms with Crippen molar-refractivity contribution >= 4 is 21.9 Å². The number of rotatable bonds is 7. The van der Waals surface area contributed by atoms with Gasteiger partial charge in [0.1, 0.15) is 0 Å². The quantitative estimate of drug-likeness (QED) is 0.513. The van der Waals surface area contributed by atoms with Crippen LogP contribution in [0.25, 0.3) is 0 Å². The number of nitrogens with one attached hydrogen (secondary N) is 1. The molecule has 0 aromatic heterocycles. The first-order valence-corrected chi connectivity index (χ1v) is 7.61. The van der Waals surface area contributed by atoms with Gasteiger partial charge >= 0.3 is 5.97 Å². The van der Waals surface area contributed by atoms with Crippen LogP contribution in [0, 0.1) is 0 Å². The van der Waals surface area contributed by atoms with E-state index in [9.17, 15) is 18.0 Å². The summed E-state index contributed by atoms with van der Waals surface area (Å²) in [6, 6.07) is 4.89. The van der Waals surface area contributed by atoms with E-state index in [2.05, 4.69) is 5.32 Å². The van der Waals surface area contributed by atoms with Crippen molar-refractivity contribution < 1.29 is 23.1 Å². The number of carbonyl (C=O) groups is 2. The number of amides is 1. The van der Waals surface area contributed by atoms with Crippen molar-refractivity contribution in [2.75, 3.05) is 0 Å². The van der Waals surface area contributed by atoms with Gasteiger partial charge < -0.3 is 16.2 Å². The van der Waals surface area contributed by atoms with Crippen LogP contribution in [-0.4, -0.2) is 31.4 Å². The van der Waals surface area contributed by atoms with Crippen molar-refractivity contribution in [2.45, 2.75) is 30.3 Å². The Hall–Kier alpha value is -1.97. The summed E-state index contributed by atoms with van der Waals surface area (Å²) >= 11 is 0. The standard InChI is InChI=1S/C12H17N3O5S/c13-10(4-5-11(16)17)12(18)15-7-8-2-1-3-9(6-8)21(14,19)20/h1-3,6,10H,4-5,7,13H2,(H,15,18)(H,16,17)(H2,14,19,20). The van der Waals surface area contributed by atoms with Crippen molar-refractivity contribution in [2.24, 2.45) is 10.9 Å². The van der Waals surface area contributed by atoms with Crippen LogP contribution >= 0.6 is 0 Å². The van der Waals surface area contributed by atoms with Crippen molar-refractivity contribution in [1.82, 2.24) is 5.32 Å². The molecule has 116 valence electrons. The predicted molar refractivity (Wildman–Crippen MR) is 74.5 cm³/mol. The molecule has 0 spiro atoms. The molecule has 1 unspecified atom stereocenters. The van der Waals surface area contributed by atoms with Crippen LogP contribution in [0.15, 0.2) is 29.2 Å². The van der Waals surface area contributed by atoms with Gasteiger partial charge in [0.2, 0.25) is 15.9 Å². The van der Waals surface area contributed by atoms with Crippen LogP contribution in [0.2, 0.25) is 0 Å². The number of aliphatic carboxylic acids is 1. The highest BCUT2D eigenvalue weighted by Gasteiger charge is 2.15. The van der Waals surface area contributed by atoms with E-state index >= 15 is 0 Å². The number of benzene rings is 1. The van der Waals surface area contributed by atoms with E-state index in [0.717, 1.165) is 0 Å². The molecule has 1 aromatic carbocycles. The molecule has 8 nitrogen and oxygen atoms in total. The molecule has 0 saturated heterocycles. The first-order chi connectivity index (χ1) is 9.70. The third-order valence-corrected chi connectivity index (χ3v) is 3.61. The molecule has 0 aliphatic heterocycles. The van der Waals surface area contributed by atoms with E-state index in [1.807, 2.05) is 0 Å². The van der Waals surface area contributed by atoms with Gasteiger partial charge in [-0.25, -0.2) is 13.6 Å². The Bertz CT molecular complexity index is 630. The van der Waals surface area contributed by atoms with Crippen molar-refractivity contribution in [3.63, 3.8) is 0 Å². The van der Waals surface area contributed by atoms with Crippen molar-refractivity contribution in [3.05, 3.63) is 29.8 Å². The zero-order valence-corrected chi connectivity index (χ0v) is 12.0. The maximum atomic E-state index is 11.6. The second kappa shape index (κ2) is 7.16. The second-order valence-corrected chi connectivity index (χ2v) is 6.01. The fourth-order valence-electron chi connectivity index (χ4n) is 1.56. The first-order valence-electron chi connectivity index (χ1n) is 6.07. The third kappa shape index (κ3) is 5.90. The van der Waals surface area contributed by atoms with E-state index < -0.39 is 27.9 Å². The van der Waals surface area contributed by atoms with E-state index in [1.165, 1.54) is 18.2 Å². The molecule has 1 amide bonds. The van der Waals surface area contributed by atoms with E-state index in [-0.39, 0.29) is 24.3 Å². The molecule has 0 aliphatic rings. The summed E-state index contributed by atoms with van der Waals surface area (Å²) in [7, 11) is -3.80. The fourth-order valence-corrected chi connectivity index (χ4v) is 2.15. The Balaban J connectivity index is 2.59. The van der Waals surface area contributed by atoms with Crippen LogP contribution in [0.1, 0.15) is 18.4 Å². The molecule has 0 aliphatic carbocycles. The molecule has 1 atom stereocenters. The topological polar surface area (TPSA) is 153 Å². The highest BCUT2D eigenvalue weighted by Crippen LogP contribution is 2.09. The van der Waals surface area contributed by atoms with Crippen molar-refractivity contribution in [1.29, 1.82) is 0 Å². The monoisotopic (exact) mass is 315 g/mol. The Kier molecular flexibility index (Phi) is 5.82. The minimum Gasteiger partial charge on any atom is -0.481 e. The molecule has 21 heavy (non-hydrogen) atoms. The second-order valence-electron chi connectivity index (χ2n) is 4.45. The zero-order valence-electron chi connectivity index (χ0n) is 11.2. The molecule has 0 bridgehead atoms. The average molecular weight is 315 g/mol. The molecule has 0 fully saturated rings. The average Bonchev–Trinajstić information content (AvgIpc) is 2.41. The number of hydrogen-bond acceptors (Lipinski definition) is 5. The van der Waals surface area contributed by atoms with Crippen LogP contribution in [0.5, 0.6) is 0 Å². The van der Waals surface area contributed by atoms with Gasteiger partial charge in [0.15, 0.2) is 0 Å². The summed E-state index contributed by atoms with van der Waals surface area (Å²) in [5.74, 6) is -1.53. The highest BCUT2D eigenvalue weighted by atomic mass is 32.2. The van der Waals surface area contributed by atoms with Gasteiger partial charge in [-0.2, -0.15) is 0 Å². The minimum absolute atomic E-state index is 0.0262. The van der Waals surface area contributed by atoms with Crippen molar-refractivity contribution in [3.8, 4) is 0 Å². The molecule has 0 radical (unpaired) electrons. The van der Waals surface area contributed by atoms with E-state index in [0.29, 0.717) is 5.56 Å². The zero-order chi connectivity index (χ0) is 16.0. The van der Waals surface area contributed by atoms with Crippen LogP contribution in [0.4, 0.5) is 0 Å². The summed E-state index contributed by atoms with van der Waals surface area (Å²) in [6.07, 6.45) is -0.173. The summed E-state index contributed by atoms with van der Waals surface area (Å²) in [6.45, 7) is 0.0724. The molecule has 1 aromatic rings. The molecular weight excluding hydrogens is 298 g/mol. The van der Waals surface area contributed by atoms with Gasteiger partial charge in [0.25, 0.3) is 0 Å². The minimum atomic E-state index is -3.80. The summed E-state index contributed by atoms with van der Waals surface area (Å²) in [5.41, 5.74) is 6.08. The number of primary sulfonamides is 1. The molecule has 1 rings (SSSR count). The largest absolute Gasteiger partial charge is 0.481 e. The number of carboxylic acids is 1. The SMILES string of the molecule is NC(CCC(=O)O)C(=O)NCc1cccc(S(N)(=O)=O)c1. The van der Waals surface area contributed by atoms with Crippen LogP contribution in [0.3, 0.4) is 0 Å². The van der Waals surface area contributed by atoms with Gasteiger partial charge in [0, 0.05) is 13.0 Å². The molecule has 9 heteroatoms. The maximum absolute atomic E-state index is 11.6. The lowest BCUT2D eigenvalue weighted by Crippen LogP contribution is -2.40. The summed E-state index contributed by atoms with van der Waals surface area (Å²) in [5, 5.41) is 16.0. The first kappa shape index (κ1) is 17.1. The van der Waals surface area contributed by atoms with Gasteiger partial charge in [-0.05, 0) is 24.1 Å². The Morgan fingerprint density at radius 3 is 2.57 bits per heavy atom. The Morgan fingerprint density at radius 2 is 2.00 bits per heavy atom. The lowest BCUT2D eigenvalue weighted by Gasteiger charge is -2.11. The number of sulfonamides is 1. The van der Waals surface area contributed by atoms with E-state index in [4.69, 9.17) is 16.0 Å². The molecule has 0 heterocycles. The third-order valence-electron chi connectivity index (χ3n) is 2.70.